The van der Waals surface area contributed by atoms with Gasteiger partial charge in [0.15, 0.2) is 0 Å². The van der Waals surface area contributed by atoms with Crippen molar-refractivity contribution in [2.24, 2.45) is 17.8 Å². The van der Waals surface area contributed by atoms with Gasteiger partial charge in [0.2, 0.25) is 0 Å². The van der Waals surface area contributed by atoms with E-state index in [0.29, 0.717) is 18.2 Å². The number of alkyl halides is 2. The molecule has 3 atom stereocenters. The Labute approximate surface area is 172 Å². The predicted molar refractivity (Wildman–Crippen MR) is 108 cm³/mol. The van der Waals surface area contributed by atoms with Gasteiger partial charge in [-0.3, -0.25) is 14.9 Å². The van der Waals surface area contributed by atoms with Crippen molar-refractivity contribution >= 4 is 29.0 Å². The molecule has 1 heterocycles. The molecule has 0 amide bonds. The van der Waals surface area contributed by atoms with Crippen LogP contribution in [0, 0.1) is 23.0 Å². The van der Waals surface area contributed by atoms with Crippen LogP contribution in [0.3, 0.4) is 0 Å². The first kappa shape index (κ1) is 21.8. The summed E-state index contributed by atoms with van der Waals surface area (Å²) in [5.74, 6) is 1.84. The predicted octanol–water partition coefficient (Wildman–Crippen LogP) is 4.42. The highest BCUT2D eigenvalue weighted by atomic mass is 35.5. The van der Waals surface area contributed by atoms with Crippen LogP contribution in [0.25, 0.3) is 0 Å². The van der Waals surface area contributed by atoms with Crippen LogP contribution in [0.5, 0.6) is 0 Å². The van der Waals surface area contributed by atoms with Gasteiger partial charge in [-0.1, -0.05) is 0 Å². The van der Waals surface area contributed by atoms with Gasteiger partial charge in [0.25, 0.3) is 0 Å². The van der Waals surface area contributed by atoms with Gasteiger partial charge in [-0.05, 0) is 89.1 Å². The largest absolute Gasteiger partial charge is 0.762 e. The number of piperidine rings is 1. The standard InChI is InChI=1S/C20H33Cl2N2O3/c21-18-6-3-16(12-19(18)22)20(25)13-23-9-7-15(8-10-23)11-14-1-4-17(5-2-14)24(26)27/h14-19,26H,1-13H2/q-1. The van der Waals surface area contributed by atoms with Crippen LogP contribution >= 0.6 is 23.2 Å². The average molecular weight is 420 g/mol. The number of Topliss-reactive ketones (excluding diaryl/α,β-unsaturated/α-hetero) is 1. The molecule has 3 unspecified atom stereocenters. The highest BCUT2D eigenvalue weighted by Gasteiger charge is 2.33. The van der Waals surface area contributed by atoms with Crippen molar-refractivity contribution in [3.05, 3.63) is 5.21 Å². The number of hydroxylamine groups is 2. The number of carbonyl (C=O) groups excluding carboxylic acids is 1. The molecule has 0 radical (unpaired) electrons. The molecule has 3 aliphatic rings. The summed E-state index contributed by atoms with van der Waals surface area (Å²) in [6.45, 7) is 2.58. The van der Waals surface area contributed by atoms with Gasteiger partial charge >= 0.3 is 0 Å². The van der Waals surface area contributed by atoms with Crippen molar-refractivity contribution < 1.29 is 10.0 Å². The summed E-state index contributed by atoms with van der Waals surface area (Å²) in [4.78, 5) is 14.9. The lowest BCUT2D eigenvalue weighted by Crippen LogP contribution is -2.41. The van der Waals surface area contributed by atoms with Crippen LogP contribution < -0.4 is 0 Å². The lowest BCUT2D eigenvalue weighted by Gasteiger charge is -2.39. The zero-order valence-corrected chi connectivity index (χ0v) is 17.6. The van der Waals surface area contributed by atoms with E-state index in [2.05, 4.69) is 4.90 Å². The Hall–Kier alpha value is 0.0900. The van der Waals surface area contributed by atoms with E-state index in [0.717, 1.165) is 76.8 Å². The number of nitrogens with zero attached hydrogens (tertiary/aromatic N) is 2. The lowest BCUT2D eigenvalue weighted by atomic mass is 9.78. The summed E-state index contributed by atoms with van der Waals surface area (Å²) in [6, 6.07) is -0.199. The molecule has 2 saturated carbocycles. The molecular weight excluding hydrogens is 387 g/mol. The second-order valence-electron chi connectivity index (χ2n) is 8.94. The van der Waals surface area contributed by atoms with E-state index in [1.165, 1.54) is 6.42 Å². The summed E-state index contributed by atoms with van der Waals surface area (Å²) in [6.07, 6.45) is 9.71. The third-order valence-corrected chi connectivity index (χ3v) is 8.16. The van der Waals surface area contributed by atoms with Crippen LogP contribution in [-0.4, -0.2) is 57.5 Å². The van der Waals surface area contributed by atoms with E-state index in [1.807, 2.05) is 0 Å². The molecule has 0 aromatic carbocycles. The van der Waals surface area contributed by atoms with E-state index in [9.17, 15) is 10.0 Å². The minimum Gasteiger partial charge on any atom is -0.762 e. The Morgan fingerprint density at radius 1 is 0.963 bits per heavy atom. The summed E-state index contributed by atoms with van der Waals surface area (Å²) in [5.41, 5.74) is 0. The topological polar surface area (TPSA) is 66.8 Å². The maximum absolute atomic E-state index is 12.6. The van der Waals surface area contributed by atoms with Crippen molar-refractivity contribution in [2.45, 2.75) is 81.0 Å². The third kappa shape index (κ3) is 6.28. The second-order valence-corrected chi connectivity index (χ2v) is 10.1. The zero-order chi connectivity index (χ0) is 19.4. The van der Waals surface area contributed by atoms with Gasteiger partial charge < -0.3 is 10.4 Å². The van der Waals surface area contributed by atoms with Crippen LogP contribution in [-0.2, 0) is 4.79 Å². The number of likely N-dealkylation sites (tertiary alicyclic amines) is 1. The molecule has 5 nitrogen and oxygen atoms in total. The summed E-state index contributed by atoms with van der Waals surface area (Å²) < 4.78 is 0. The normalized spacial score (nSPS) is 36.9. The highest BCUT2D eigenvalue weighted by Crippen LogP contribution is 2.35. The van der Waals surface area contributed by atoms with Gasteiger partial charge in [-0.2, -0.15) is 0 Å². The monoisotopic (exact) mass is 419 g/mol. The number of carbonyl (C=O) groups is 1. The molecule has 0 aromatic heterocycles. The molecule has 2 aliphatic carbocycles. The van der Waals surface area contributed by atoms with E-state index < -0.39 is 0 Å². The molecule has 1 N–H and O–H groups in total. The average Bonchev–Trinajstić information content (AvgIpc) is 2.66. The second kappa shape index (κ2) is 10.2. The number of hydrogen-bond donors (Lipinski definition) is 1. The molecule has 0 aromatic rings. The molecule has 3 fully saturated rings. The molecule has 3 rings (SSSR count). The van der Waals surface area contributed by atoms with E-state index >= 15 is 0 Å². The molecule has 0 spiro atoms. The van der Waals surface area contributed by atoms with Crippen molar-refractivity contribution in [1.82, 2.24) is 10.1 Å². The maximum Gasteiger partial charge on any atom is 0.149 e. The molecule has 7 heteroatoms. The van der Waals surface area contributed by atoms with Crippen LogP contribution in [0.1, 0.15) is 64.2 Å². The smallest absolute Gasteiger partial charge is 0.149 e. The molecule has 156 valence electrons. The first-order valence-corrected chi connectivity index (χ1v) is 11.5. The highest BCUT2D eigenvalue weighted by molar-refractivity contribution is 6.30. The first-order valence-electron chi connectivity index (χ1n) is 10.6. The quantitative estimate of drug-likeness (QED) is 0.509. The van der Waals surface area contributed by atoms with Gasteiger partial charge in [-0.25, -0.2) is 0 Å². The van der Waals surface area contributed by atoms with Crippen molar-refractivity contribution in [3.63, 3.8) is 0 Å². The molecular formula is C20H33Cl2N2O3-. The van der Waals surface area contributed by atoms with Crippen LogP contribution in [0.2, 0.25) is 0 Å². The van der Waals surface area contributed by atoms with Crippen molar-refractivity contribution in [2.75, 3.05) is 19.6 Å². The molecule has 1 saturated heterocycles. The first-order chi connectivity index (χ1) is 12.9. The van der Waals surface area contributed by atoms with Gasteiger partial charge in [0.1, 0.15) is 5.78 Å². The van der Waals surface area contributed by atoms with Crippen molar-refractivity contribution in [3.8, 4) is 0 Å². The van der Waals surface area contributed by atoms with Crippen LogP contribution in [0.4, 0.5) is 0 Å². The summed E-state index contributed by atoms with van der Waals surface area (Å²) in [5, 5.41) is 20.1. The van der Waals surface area contributed by atoms with Gasteiger partial charge in [0, 0.05) is 17.3 Å². The Morgan fingerprint density at radius 3 is 2.19 bits per heavy atom. The number of ketones is 1. The number of halogens is 2. The van der Waals surface area contributed by atoms with E-state index in [1.54, 1.807) is 0 Å². The van der Waals surface area contributed by atoms with E-state index in [-0.39, 0.29) is 27.9 Å². The molecule has 1 aliphatic heterocycles. The number of rotatable bonds is 6. The lowest BCUT2D eigenvalue weighted by molar-refractivity contribution is -0.125. The molecule has 27 heavy (non-hydrogen) atoms. The maximum atomic E-state index is 12.6. The Balaban J connectivity index is 1.34. The van der Waals surface area contributed by atoms with Gasteiger partial charge in [0.05, 0.1) is 11.9 Å². The van der Waals surface area contributed by atoms with Gasteiger partial charge in [-0.15, -0.1) is 23.2 Å². The minimum atomic E-state index is -0.199. The Morgan fingerprint density at radius 2 is 1.59 bits per heavy atom. The zero-order valence-electron chi connectivity index (χ0n) is 16.1. The summed E-state index contributed by atoms with van der Waals surface area (Å²) in [7, 11) is 0. The fourth-order valence-electron chi connectivity index (χ4n) is 5.17. The van der Waals surface area contributed by atoms with Crippen molar-refractivity contribution in [1.29, 1.82) is 0 Å². The van der Waals surface area contributed by atoms with Crippen LogP contribution in [0.15, 0.2) is 0 Å². The Bertz CT molecular complexity index is 478. The third-order valence-electron chi connectivity index (χ3n) is 7.03. The van der Waals surface area contributed by atoms with E-state index in [4.69, 9.17) is 28.4 Å². The molecule has 0 bridgehead atoms. The minimum absolute atomic E-state index is 0.00983. The fourth-order valence-corrected chi connectivity index (χ4v) is 5.74. The fraction of sp³-hybridized carbons (Fsp3) is 0.950. The Kier molecular flexibility index (Phi) is 8.25. The summed E-state index contributed by atoms with van der Waals surface area (Å²) >= 11 is 12.4. The number of hydrogen-bond acceptors (Lipinski definition) is 5. The SMILES string of the molecule is O=C(CN1CCC(CC2CCC(N([O-])O)CC2)CC1)C1CCC(Cl)C(Cl)C1.